The Kier molecular flexibility index (Phi) is 3.34. The molecule has 1 aliphatic rings. The summed E-state index contributed by atoms with van der Waals surface area (Å²) in [5.74, 6) is -0.798. The summed E-state index contributed by atoms with van der Waals surface area (Å²) >= 11 is 3.27. The fraction of sp³-hybridized carbons (Fsp3) is 0.188. The molecule has 0 saturated heterocycles. The van der Waals surface area contributed by atoms with Gasteiger partial charge in [0.15, 0.2) is 0 Å². The topological polar surface area (TPSA) is 20.3 Å². The fourth-order valence-electron chi connectivity index (χ4n) is 2.70. The number of halogens is 2. The molecular weight excluding hydrogens is 321 g/mol. The van der Waals surface area contributed by atoms with E-state index < -0.39 is 5.82 Å². The Bertz CT molecular complexity index is 666. The van der Waals surface area contributed by atoms with Crippen molar-refractivity contribution in [1.82, 2.24) is 0 Å². The summed E-state index contributed by atoms with van der Waals surface area (Å²) in [5.41, 5.74) is 2.09. The largest absolute Gasteiger partial charge is 0.305 e. The van der Waals surface area contributed by atoms with Gasteiger partial charge in [0.25, 0.3) is 5.91 Å². The maximum absolute atomic E-state index is 14.0. The lowest BCUT2D eigenvalue weighted by molar-refractivity contribution is 0.0977. The number of anilines is 1. The Morgan fingerprint density at radius 2 is 2.00 bits per heavy atom. The summed E-state index contributed by atoms with van der Waals surface area (Å²) < 4.78 is 14.5. The molecule has 1 aliphatic heterocycles. The van der Waals surface area contributed by atoms with Crippen LogP contribution >= 0.6 is 15.9 Å². The summed E-state index contributed by atoms with van der Waals surface area (Å²) in [4.78, 5) is 14.4. The van der Waals surface area contributed by atoms with Crippen LogP contribution in [0.2, 0.25) is 0 Å². The summed E-state index contributed by atoms with van der Waals surface area (Å²) in [5, 5.41) is 0. The van der Waals surface area contributed by atoms with Gasteiger partial charge in [-0.05, 0) is 53.0 Å². The SMILES string of the molecule is CC1Cc2ccccc2N1C(=O)c1c(F)cccc1Br. The number of para-hydroxylation sites is 1. The average Bonchev–Trinajstić information content (AvgIpc) is 2.74. The Labute approximate surface area is 125 Å². The minimum atomic E-state index is -0.499. The van der Waals surface area contributed by atoms with Crippen LogP contribution in [0, 0.1) is 5.82 Å². The number of hydrogen-bond acceptors (Lipinski definition) is 1. The van der Waals surface area contributed by atoms with E-state index in [2.05, 4.69) is 15.9 Å². The van der Waals surface area contributed by atoms with Crippen molar-refractivity contribution in [2.45, 2.75) is 19.4 Å². The van der Waals surface area contributed by atoms with Crippen LogP contribution in [-0.4, -0.2) is 11.9 Å². The Hall–Kier alpha value is -1.68. The highest BCUT2D eigenvalue weighted by molar-refractivity contribution is 9.10. The van der Waals surface area contributed by atoms with Crippen LogP contribution < -0.4 is 4.90 Å². The van der Waals surface area contributed by atoms with Gasteiger partial charge in [-0.25, -0.2) is 4.39 Å². The number of fused-ring (bicyclic) bond motifs is 1. The molecule has 20 heavy (non-hydrogen) atoms. The van der Waals surface area contributed by atoms with Crippen molar-refractivity contribution in [3.8, 4) is 0 Å². The van der Waals surface area contributed by atoms with Crippen LogP contribution in [0.5, 0.6) is 0 Å². The molecule has 1 heterocycles. The molecule has 4 heteroatoms. The quantitative estimate of drug-likeness (QED) is 0.766. The third-order valence-corrected chi connectivity index (χ3v) is 4.26. The van der Waals surface area contributed by atoms with Crippen molar-refractivity contribution in [2.24, 2.45) is 0 Å². The Morgan fingerprint density at radius 1 is 1.25 bits per heavy atom. The lowest BCUT2D eigenvalue weighted by Crippen LogP contribution is -2.36. The molecule has 1 atom stereocenters. The van der Waals surface area contributed by atoms with E-state index in [0.29, 0.717) is 4.47 Å². The van der Waals surface area contributed by atoms with Crippen molar-refractivity contribution in [3.63, 3.8) is 0 Å². The average molecular weight is 334 g/mol. The Balaban J connectivity index is 2.08. The molecule has 0 aromatic heterocycles. The summed E-state index contributed by atoms with van der Waals surface area (Å²) in [6.07, 6.45) is 0.800. The second kappa shape index (κ2) is 5.02. The van der Waals surface area contributed by atoms with Crippen LogP contribution in [0.4, 0.5) is 10.1 Å². The zero-order valence-corrected chi connectivity index (χ0v) is 12.5. The number of carbonyl (C=O) groups excluding carboxylic acids is 1. The third-order valence-electron chi connectivity index (χ3n) is 3.60. The molecule has 102 valence electrons. The molecular formula is C16H13BrFNO. The van der Waals surface area contributed by atoms with Crippen molar-refractivity contribution in [1.29, 1.82) is 0 Å². The van der Waals surface area contributed by atoms with Gasteiger partial charge >= 0.3 is 0 Å². The van der Waals surface area contributed by atoms with Gasteiger partial charge in [-0.1, -0.05) is 24.3 Å². The van der Waals surface area contributed by atoms with E-state index in [4.69, 9.17) is 0 Å². The van der Waals surface area contributed by atoms with Gasteiger partial charge in [0, 0.05) is 16.2 Å². The predicted octanol–water partition coefficient (Wildman–Crippen LogP) is 4.18. The summed E-state index contributed by atoms with van der Waals surface area (Å²) in [6.45, 7) is 1.98. The van der Waals surface area contributed by atoms with E-state index in [9.17, 15) is 9.18 Å². The first-order chi connectivity index (χ1) is 9.59. The molecule has 0 bridgehead atoms. The smallest absolute Gasteiger partial charge is 0.262 e. The molecule has 1 amide bonds. The van der Waals surface area contributed by atoms with E-state index in [1.165, 1.54) is 6.07 Å². The number of amides is 1. The van der Waals surface area contributed by atoms with E-state index in [1.807, 2.05) is 31.2 Å². The fourth-order valence-corrected chi connectivity index (χ4v) is 3.21. The van der Waals surface area contributed by atoms with Gasteiger partial charge in [0.1, 0.15) is 5.82 Å². The molecule has 0 spiro atoms. The lowest BCUT2D eigenvalue weighted by atomic mass is 10.1. The first kappa shape index (κ1) is 13.3. The number of hydrogen-bond donors (Lipinski definition) is 0. The van der Waals surface area contributed by atoms with Crippen LogP contribution in [-0.2, 0) is 6.42 Å². The van der Waals surface area contributed by atoms with Crippen LogP contribution in [0.3, 0.4) is 0 Å². The van der Waals surface area contributed by atoms with Gasteiger partial charge in [-0.3, -0.25) is 4.79 Å². The minimum Gasteiger partial charge on any atom is -0.305 e. The standard InChI is InChI=1S/C16H13BrFNO/c1-10-9-11-5-2-3-8-14(11)19(10)16(20)15-12(17)6-4-7-13(15)18/h2-8,10H,9H2,1H3. The molecule has 2 aromatic rings. The molecule has 0 aliphatic carbocycles. The highest BCUT2D eigenvalue weighted by Gasteiger charge is 2.33. The maximum atomic E-state index is 14.0. The third kappa shape index (κ3) is 2.04. The lowest BCUT2D eigenvalue weighted by Gasteiger charge is -2.23. The van der Waals surface area contributed by atoms with Crippen LogP contribution in [0.15, 0.2) is 46.9 Å². The highest BCUT2D eigenvalue weighted by Crippen LogP contribution is 2.34. The summed E-state index contributed by atoms with van der Waals surface area (Å²) in [6, 6.07) is 12.4. The zero-order valence-electron chi connectivity index (χ0n) is 10.9. The normalized spacial score (nSPS) is 17.1. The van der Waals surface area contributed by atoms with Crippen molar-refractivity contribution >= 4 is 27.5 Å². The molecule has 3 rings (SSSR count). The van der Waals surface area contributed by atoms with Gasteiger partial charge in [0.2, 0.25) is 0 Å². The van der Waals surface area contributed by atoms with Gasteiger partial charge in [0.05, 0.1) is 5.56 Å². The van der Waals surface area contributed by atoms with Crippen LogP contribution in [0.1, 0.15) is 22.8 Å². The van der Waals surface area contributed by atoms with E-state index >= 15 is 0 Å². The minimum absolute atomic E-state index is 0.0337. The van der Waals surface area contributed by atoms with Crippen molar-refractivity contribution in [2.75, 3.05) is 4.90 Å². The molecule has 2 nitrogen and oxygen atoms in total. The van der Waals surface area contributed by atoms with E-state index in [1.54, 1.807) is 17.0 Å². The summed E-state index contributed by atoms with van der Waals surface area (Å²) in [7, 11) is 0. The highest BCUT2D eigenvalue weighted by atomic mass is 79.9. The first-order valence-electron chi connectivity index (χ1n) is 6.45. The zero-order chi connectivity index (χ0) is 14.3. The van der Waals surface area contributed by atoms with Crippen molar-refractivity contribution in [3.05, 3.63) is 63.9 Å². The molecule has 0 N–H and O–H groups in total. The Morgan fingerprint density at radius 3 is 2.75 bits per heavy atom. The maximum Gasteiger partial charge on any atom is 0.262 e. The van der Waals surface area contributed by atoms with E-state index in [-0.39, 0.29) is 17.5 Å². The molecule has 0 saturated carbocycles. The predicted molar refractivity (Wildman–Crippen MR) is 80.5 cm³/mol. The molecule has 2 aromatic carbocycles. The van der Waals surface area contributed by atoms with Crippen LogP contribution in [0.25, 0.3) is 0 Å². The molecule has 0 fully saturated rings. The van der Waals surface area contributed by atoms with Gasteiger partial charge < -0.3 is 4.90 Å². The number of benzene rings is 2. The second-order valence-electron chi connectivity index (χ2n) is 4.95. The van der Waals surface area contributed by atoms with Crippen molar-refractivity contribution < 1.29 is 9.18 Å². The first-order valence-corrected chi connectivity index (χ1v) is 7.24. The number of carbonyl (C=O) groups is 1. The van der Waals surface area contributed by atoms with E-state index in [0.717, 1.165) is 17.7 Å². The van der Waals surface area contributed by atoms with Gasteiger partial charge in [-0.15, -0.1) is 0 Å². The second-order valence-corrected chi connectivity index (χ2v) is 5.81. The number of nitrogens with zero attached hydrogens (tertiary/aromatic N) is 1. The monoisotopic (exact) mass is 333 g/mol. The molecule has 0 radical (unpaired) electrons. The van der Waals surface area contributed by atoms with Gasteiger partial charge in [-0.2, -0.15) is 0 Å². The molecule has 1 unspecified atom stereocenters. The number of rotatable bonds is 1.